The van der Waals surface area contributed by atoms with Crippen LogP contribution in [0.15, 0.2) is 19.2 Å². The third kappa shape index (κ3) is 6.54. The van der Waals surface area contributed by atoms with Crippen LogP contribution in [0.25, 0.3) is 0 Å². The molecule has 2 atom stereocenters. The highest BCUT2D eigenvalue weighted by atomic mass is 16.2. The van der Waals surface area contributed by atoms with E-state index in [1.54, 1.807) is 20.8 Å². The molecule has 0 unspecified atom stereocenters. The van der Waals surface area contributed by atoms with Gasteiger partial charge >= 0.3 is 0 Å². The number of nitrogens with two attached hydrogens (primary N) is 1. The van der Waals surface area contributed by atoms with Crippen LogP contribution in [0.2, 0.25) is 0 Å². The predicted molar refractivity (Wildman–Crippen MR) is 113 cm³/mol. The van der Waals surface area contributed by atoms with Gasteiger partial charge in [-0.2, -0.15) is 0 Å². The summed E-state index contributed by atoms with van der Waals surface area (Å²) < 4.78 is 0. The Labute approximate surface area is 161 Å². The quantitative estimate of drug-likeness (QED) is 0.788. The van der Waals surface area contributed by atoms with Crippen molar-refractivity contribution in [1.82, 2.24) is 0 Å². The van der Waals surface area contributed by atoms with Crippen LogP contribution < -0.4 is 32.8 Å². The summed E-state index contributed by atoms with van der Waals surface area (Å²) in [6, 6.07) is 0.576. The van der Waals surface area contributed by atoms with E-state index < -0.39 is 0 Å². The van der Waals surface area contributed by atoms with E-state index in [0.29, 0.717) is 40.3 Å². The zero-order valence-electron chi connectivity index (χ0n) is 18.0. The van der Waals surface area contributed by atoms with E-state index in [4.69, 9.17) is 5.73 Å². The van der Waals surface area contributed by atoms with Gasteiger partial charge in [-0.15, -0.1) is 0 Å². The maximum atomic E-state index is 11.1. The largest absolute Gasteiger partial charge is 0.379 e. The molecule has 2 rings (SSSR count). The lowest BCUT2D eigenvalue weighted by Gasteiger charge is -2.20. The van der Waals surface area contributed by atoms with E-state index in [1.807, 2.05) is 13.8 Å². The Morgan fingerprint density at radius 2 is 0.963 bits per heavy atom. The maximum Gasteiger partial charge on any atom is 0.249 e. The van der Waals surface area contributed by atoms with Crippen molar-refractivity contribution < 1.29 is 0 Å². The lowest BCUT2D eigenvalue weighted by atomic mass is 10.0. The monoisotopic (exact) mass is 378 g/mol. The average molecular weight is 379 g/mol. The standard InChI is InChI=1S/C10H15NO2.C6H6O2.C5H13N/c1-5(2)7(4)11-8-6(3)9(12)10(8)13;1-3-4(2)6(8)5(3)7;1-4(2)5(3)6/h5,7,11H,1-4H3;1-2H3;4-5H,6H2,1-3H3/t7-;;5-/m0.0/s1. The van der Waals surface area contributed by atoms with Crippen molar-refractivity contribution in [3.05, 3.63) is 57.6 Å². The van der Waals surface area contributed by atoms with E-state index in [-0.39, 0.29) is 27.8 Å². The Morgan fingerprint density at radius 3 is 1.19 bits per heavy atom. The van der Waals surface area contributed by atoms with Gasteiger partial charge in [-0.25, -0.2) is 0 Å². The second-order valence-electron chi connectivity index (χ2n) is 7.85. The zero-order chi connectivity index (χ0) is 21.6. The van der Waals surface area contributed by atoms with Crippen LogP contribution in [0.5, 0.6) is 0 Å². The van der Waals surface area contributed by atoms with E-state index in [0.717, 1.165) is 0 Å². The van der Waals surface area contributed by atoms with Crippen LogP contribution in [0.4, 0.5) is 5.69 Å². The lowest BCUT2D eigenvalue weighted by molar-refractivity contribution is 0.529. The van der Waals surface area contributed by atoms with E-state index in [2.05, 4.69) is 33.0 Å². The van der Waals surface area contributed by atoms with Crippen LogP contribution in [-0.2, 0) is 0 Å². The molecule has 0 amide bonds. The highest BCUT2D eigenvalue weighted by Gasteiger charge is 2.18. The summed E-state index contributed by atoms with van der Waals surface area (Å²) in [5.41, 5.74) is 6.40. The molecule has 6 nitrogen and oxygen atoms in total. The first kappa shape index (κ1) is 24.9. The molecule has 0 aromatic heterocycles. The summed E-state index contributed by atoms with van der Waals surface area (Å²) in [5, 5.41) is 3.05. The molecule has 2 aromatic rings. The van der Waals surface area contributed by atoms with E-state index in [9.17, 15) is 19.2 Å². The summed E-state index contributed by atoms with van der Waals surface area (Å²) in [4.78, 5) is 42.7. The van der Waals surface area contributed by atoms with E-state index in [1.165, 1.54) is 0 Å². The molecule has 0 bridgehead atoms. The van der Waals surface area contributed by atoms with E-state index >= 15 is 0 Å². The second-order valence-corrected chi connectivity index (χ2v) is 7.85. The Balaban J connectivity index is 0.000000413. The SMILES string of the molecule is CC(C)[C@H](C)N.Cc1c(C)c(=O)c1=O.Cc1c(N[C@@H](C)C(C)C)c(=O)c1=O. The molecule has 6 heteroatoms. The number of hydrogen-bond acceptors (Lipinski definition) is 6. The molecule has 0 spiro atoms. The van der Waals surface area contributed by atoms with Crippen molar-refractivity contribution >= 4 is 5.69 Å². The fourth-order valence-corrected chi connectivity index (χ4v) is 1.69. The van der Waals surface area contributed by atoms with Gasteiger partial charge in [-0.05, 0) is 46.5 Å². The van der Waals surface area contributed by atoms with Crippen molar-refractivity contribution in [3.8, 4) is 0 Å². The highest BCUT2D eigenvalue weighted by Crippen LogP contribution is 2.11. The first-order valence-electron chi connectivity index (χ1n) is 9.32. The van der Waals surface area contributed by atoms with Crippen molar-refractivity contribution in [3.63, 3.8) is 0 Å². The van der Waals surface area contributed by atoms with Crippen LogP contribution >= 0.6 is 0 Å². The first-order chi connectivity index (χ1) is 12.2. The molecule has 3 N–H and O–H groups in total. The smallest absolute Gasteiger partial charge is 0.249 e. The van der Waals surface area contributed by atoms with Gasteiger partial charge in [-0.3, -0.25) is 19.2 Å². The van der Waals surface area contributed by atoms with Gasteiger partial charge < -0.3 is 11.1 Å². The summed E-state index contributed by atoms with van der Waals surface area (Å²) in [6.07, 6.45) is 0. The van der Waals surface area contributed by atoms with Crippen molar-refractivity contribution in [2.45, 2.75) is 74.4 Å². The zero-order valence-corrected chi connectivity index (χ0v) is 18.0. The molecule has 0 aliphatic carbocycles. The van der Waals surface area contributed by atoms with Gasteiger partial charge in [0.25, 0.3) is 0 Å². The molecule has 27 heavy (non-hydrogen) atoms. The third-order valence-corrected chi connectivity index (χ3v) is 5.02. The summed E-state index contributed by atoms with van der Waals surface area (Å²) in [6.45, 7) is 17.4. The van der Waals surface area contributed by atoms with Crippen molar-refractivity contribution in [1.29, 1.82) is 0 Å². The van der Waals surface area contributed by atoms with Crippen molar-refractivity contribution in [2.75, 3.05) is 5.32 Å². The molecule has 0 aliphatic rings. The first-order valence-corrected chi connectivity index (χ1v) is 9.32. The number of nitrogens with one attached hydrogen (secondary N) is 1. The van der Waals surface area contributed by atoms with Gasteiger partial charge in [0.1, 0.15) is 0 Å². The van der Waals surface area contributed by atoms with Crippen LogP contribution in [-0.4, -0.2) is 12.1 Å². The Morgan fingerprint density at radius 1 is 0.630 bits per heavy atom. The average Bonchev–Trinajstić information content (AvgIpc) is 2.63. The minimum atomic E-state index is -0.370. The fourth-order valence-electron chi connectivity index (χ4n) is 1.69. The van der Waals surface area contributed by atoms with Crippen molar-refractivity contribution in [2.24, 2.45) is 17.6 Å². The maximum absolute atomic E-state index is 11.1. The van der Waals surface area contributed by atoms with Crippen LogP contribution in [0, 0.1) is 32.6 Å². The number of anilines is 1. The second kappa shape index (κ2) is 10.3. The normalized spacial score (nSPS) is 13.0. The Kier molecular flexibility index (Phi) is 9.51. The predicted octanol–water partition coefficient (Wildman–Crippen LogP) is 1.94. The molecule has 0 aliphatic heterocycles. The summed E-state index contributed by atoms with van der Waals surface area (Å²) in [5.74, 6) is 1.08. The van der Waals surface area contributed by atoms with Gasteiger partial charge in [-0.1, -0.05) is 27.7 Å². The van der Waals surface area contributed by atoms with Gasteiger partial charge in [0.15, 0.2) is 0 Å². The minimum Gasteiger partial charge on any atom is -0.379 e. The summed E-state index contributed by atoms with van der Waals surface area (Å²) >= 11 is 0. The Hall–Kier alpha value is -2.08. The molecule has 0 saturated carbocycles. The molecule has 152 valence electrons. The molecule has 0 radical (unpaired) electrons. The minimum absolute atomic E-state index is 0.224. The fraction of sp³-hybridized carbons (Fsp3) is 0.619. The highest BCUT2D eigenvalue weighted by molar-refractivity contribution is 5.56. The Bertz CT molecular complexity index is 842. The summed E-state index contributed by atoms with van der Waals surface area (Å²) in [7, 11) is 0. The molecule has 0 heterocycles. The molecule has 0 fully saturated rings. The van der Waals surface area contributed by atoms with Crippen LogP contribution in [0.3, 0.4) is 0 Å². The molecule has 2 aromatic carbocycles. The lowest BCUT2D eigenvalue weighted by Crippen LogP contribution is -2.39. The molecular formula is C21H34N2O4. The van der Waals surface area contributed by atoms with Gasteiger partial charge in [0, 0.05) is 28.8 Å². The molecule has 0 saturated heterocycles. The number of hydrogen-bond donors (Lipinski definition) is 2. The number of rotatable bonds is 4. The van der Waals surface area contributed by atoms with Crippen LogP contribution in [0.1, 0.15) is 58.2 Å². The van der Waals surface area contributed by atoms with Gasteiger partial charge in [0.05, 0.1) is 5.69 Å². The third-order valence-electron chi connectivity index (χ3n) is 5.02. The topological polar surface area (TPSA) is 106 Å². The van der Waals surface area contributed by atoms with Gasteiger partial charge in [0.2, 0.25) is 21.7 Å². The molecular weight excluding hydrogens is 344 g/mol.